The minimum absolute atomic E-state index is 0.0125. The highest BCUT2D eigenvalue weighted by molar-refractivity contribution is 5.69. The summed E-state index contributed by atoms with van der Waals surface area (Å²) in [6.07, 6.45) is -1.90. The average Bonchev–Trinajstić information content (AvgIpc) is 2.39. The zero-order valence-electron chi connectivity index (χ0n) is 12.1. The number of anilines is 1. The van der Waals surface area contributed by atoms with Crippen molar-refractivity contribution in [1.82, 2.24) is 9.88 Å². The van der Waals surface area contributed by atoms with Gasteiger partial charge in [-0.3, -0.25) is 14.7 Å². The van der Waals surface area contributed by atoms with E-state index in [0.717, 1.165) is 12.3 Å². The van der Waals surface area contributed by atoms with E-state index >= 15 is 0 Å². The zero-order chi connectivity index (χ0) is 16.3. The van der Waals surface area contributed by atoms with E-state index in [-0.39, 0.29) is 18.6 Å². The van der Waals surface area contributed by atoms with Crippen molar-refractivity contribution in [3.05, 3.63) is 24.0 Å². The van der Waals surface area contributed by atoms with Crippen LogP contribution in [0.2, 0.25) is 0 Å². The van der Waals surface area contributed by atoms with E-state index in [1.54, 1.807) is 0 Å². The minimum Gasteiger partial charge on any atom is -0.480 e. The quantitative estimate of drug-likeness (QED) is 0.844. The fourth-order valence-corrected chi connectivity index (χ4v) is 2.59. The molecular formula is C14H18F3N3O2. The van der Waals surface area contributed by atoms with Gasteiger partial charge in [0, 0.05) is 24.0 Å². The molecule has 0 unspecified atom stereocenters. The number of pyridine rings is 1. The number of carboxylic acid groups (broad SMARTS) is 1. The van der Waals surface area contributed by atoms with Crippen LogP contribution in [-0.4, -0.2) is 46.1 Å². The predicted octanol–water partition coefficient (Wildman–Crippen LogP) is 2.45. The first-order chi connectivity index (χ1) is 10.3. The van der Waals surface area contributed by atoms with Crippen LogP contribution in [0.5, 0.6) is 0 Å². The third-order valence-corrected chi connectivity index (χ3v) is 3.80. The smallest absolute Gasteiger partial charge is 0.433 e. The van der Waals surface area contributed by atoms with Gasteiger partial charge in [0.05, 0.1) is 6.54 Å². The Morgan fingerprint density at radius 2 is 2.18 bits per heavy atom. The highest BCUT2D eigenvalue weighted by Gasteiger charge is 2.35. The largest absolute Gasteiger partial charge is 0.480 e. The number of nitrogens with zero attached hydrogens (tertiary/aromatic N) is 2. The number of halogens is 3. The molecule has 0 atom stereocenters. The molecule has 1 aliphatic carbocycles. The summed E-state index contributed by atoms with van der Waals surface area (Å²) in [5.74, 6) is -0.873. The Morgan fingerprint density at radius 3 is 2.73 bits per heavy atom. The number of aromatic nitrogens is 1. The van der Waals surface area contributed by atoms with Crippen LogP contribution < -0.4 is 5.32 Å². The predicted molar refractivity (Wildman–Crippen MR) is 74.6 cm³/mol. The molecular weight excluding hydrogens is 299 g/mol. The fourth-order valence-electron chi connectivity index (χ4n) is 2.59. The monoisotopic (exact) mass is 317 g/mol. The molecule has 5 nitrogen and oxygen atoms in total. The maximum atomic E-state index is 12.6. The van der Waals surface area contributed by atoms with E-state index in [0.29, 0.717) is 25.1 Å². The third kappa shape index (κ3) is 4.09. The zero-order valence-corrected chi connectivity index (χ0v) is 12.1. The van der Waals surface area contributed by atoms with Gasteiger partial charge in [-0.05, 0) is 31.5 Å². The van der Waals surface area contributed by atoms with Crippen molar-refractivity contribution in [2.45, 2.75) is 38.0 Å². The van der Waals surface area contributed by atoms with Gasteiger partial charge in [-0.2, -0.15) is 13.2 Å². The lowest BCUT2D eigenvalue weighted by atomic mass is 9.85. The molecule has 1 aromatic rings. The molecule has 1 aliphatic rings. The Kier molecular flexibility index (Phi) is 4.90. The van der Waals surface area contributed by atoms with Crippen molar-refractivity contribution in [2.75, 3.05) is 18.4 Å². The van der Waals surface area contributed by atoms with Gasteiger partial charge in [0.2, 0.25) is 0 Å². The van der Waals surface area contributed by atoms with E-state index < -0.39 is 17.8 Å². The number of rotatable bonds is 6. The van der Waals surface area contributed by atoms with Gasteiger partial charge >= 0.3 is 12.1 Å². The Bertz CT molecular complexity index is 530. The van der Waals surface area contributed by atoms with Crippen LogP contribution in [0.1, 0.15) is 25.5 Å². The van der Waals surface area contributed by atoms with Crippen LogP contribution >= 0.6 is 0 Å². The first kappa shape index (κ1) is 16.5. The van der Waals surface area contributed by atoms with Crippen LogP contribution in [0.3, 0.4) is 0 Å². The molecule has 0 spiro atoms. The van der Waals surface area contributed by atoms with E-state index in [9.17, 15) is 18.0 Å². The number of carbonyl (C=O) groups is 1. The second kappa shape index (κ2) is 6.51. The van der Waals surface area contributed by atoms with E-state index in [2.05, 4.69) is 10.3 Å². The van der Waals surface area contributed by atoms with Crippen LogP contribution in [-0.2, 0) is 11.0 Å². The maximum Gasteiger partial charge on any atom is 0.433 e. The van der Waals surface area contributed by atoms with Gasteiger partial charge in [-0.15, -0.1) is 0 Å². The lowest BCUT2D eigenvalue weighted by molar-refractivity contribution is -0.141. The topological polar surface area (TPSA) is 65.5 Å². The summed E-state index contributed by atoms with van der Waals surface area (Å²) in [6.45, 7) is 2.51. The second-order valence-corrected chi connectivity index (χ2v) is 5.35. The normalized spacial score (nSPS) is 21.5. The lowest BCUT2D eigenvalue weighted by Gasteiger charge is -2.42. The summed E-state index contributed by atoms with van der Waals surface area (Å²) in [6, 6.07) is 2.69. The summed E-state index contributed by atoms with van der Waals surface area (Å²) < 4.78 is 37.8. The molecule has 0 radical (unpaired) electrons. The Morgan fingerprint density at radius 1 is 1.50 bits per heavy atom. The molecule has 22 heavy (non-hydrogen) atoms. The van der Waals surface area contributed by atoms with Crippen LogP contribution in [0.15, 0.2) is 18.3 Å². The molecule has 1 aromatic heterocycles. The molecule has 1 saturated carbocycles. The van der Waals surface area contributed by atoms with Crippen molar-refractivity contribution >= 4 is 11.7 Å². The maximum absolute atomic E-state index is 12.6. The number of likely N-dealkylation sites (N-methyl/N-ethyl adjacent to an activating group) is 1. The molecule has 8 heteroatoms. The van der Waals surface area contributed by atoms with Crippen molar-refractivity contribution in [2.24, 2.45) is 0 Å². The van der Waals surface area contributed by atoms with Crippen molar-refractivity contribution in [3.8, 4) is 0 Å². The number of nitrogens with one attached hydrogen (secondary N) is 1. The van der Waals surface area contributed by atoms with Gasteiger partial charge in [-0.1, -0.05) is 6.92 Å². The van der Waals surface area contributed by atoms with Gasteiger partial charge in [0.15, 0.2) is 0 Å². The van der Waals surface area contributed by atoms with Gasteiger partial charge in [0.1, 0.15) is 5.69 Å². The highest BCUT2D eigenvalue weighted by Crippen LogP contribution is 2.31. The molecule has 2 rings (SSSR count). The second-order valence-electron chi connectivity index (χ2n) is 5.35. The van der Waals surface area contributed by atoms with E-state index in [1.807, 2.05) is 11.8 Å². The first-order valence-electron chi connectivity index (χ1n) is 7.05. The Balaban J connectivity index is 1.89. The van der Waals surface area contributed by atoms with E-state index in [4.69, 9.17) is 5.11 Å². The Labute approximate surface area is 126 Å². The summed E-state index contributed by atoms with van der Waals surface area (Å²) in [7, 11) is 0. The fraction of sp³-hybridized carbons (Fsp3) is 0.571. The molecule has 0 bridgehead atoms. The standard InChI is InChI=1S/C14H18F3N3O2/c1-2-20(8-13(21)22)11-5-10(6-11)19-9-3-4-18-12(7-9)14(15,16)17/h3-4,7,10-11H,2,5-6,8H2,1H3,(H,18,19)(H,21,22). The number of carboxylic acids is 1. The summed E-state index contributed by atoms with van der Waals surface area (Å²) in [5.41, 5.74) is -0.540. The average molecular weight is 317 g/mol. The molecule has 0 aromatic carbocycles. The van der Waals surface area contributed by atoms with Gasteiger partial charge < -0.3 is 10.4 Å². The minimum atomic E-state index is -4.46. The molecule has 1 fully saturated rings. The highest BCUT2D eigenvalue weighted by atomic mass is 19.4. The number of hydrogen-bond donors (Lipinski definition) is 2. The number of alkyl halides is 3. The van der Waals surface area contributed by atoms with E-state index in [1.165, 1.54) is 6.07 Å². The first-order valence-corrected chi connectivity index (χ1v) is 7.05. The van der Waals surface area contributed by atoms with Crippen LogP contribution in [0, 0.1) is 0 Å². The molecule has 1 heterocycles. The van der Waals surface area contributed by atoms with Crippen LogP contribution in [0.25, 0.3) is 0 Å². The van der Waals surface area contributed by atoms with Crippen molar-refractivity contribution in [1.29, 1.82) is 0 Å². The van der Waals surface area contributed by atoms with Crippen LogP contribution in [0.4, 0.5) is 18.9 Å². The lowest BCUT2D eigenvalue weighted by Crippen LogP contribution is -2.51. The molecule has 0 saturated heterocycles. The number of aliphatic carboxylic acids is 1. The molecule has 0 amide bonds. The van der Waals surface area contributed by atoms with Crippen molar-refractivity contribution in [3.63, 3.8) is 0 Å². The summed E-state index contributed by atoms with van der Waals surface area (Å²) in [4.78, 5) is 15.9. The van der Waals surface area contributed by atoms with Crippen molar-refractivity contribution < 1.29 is 23.1 Å². The summed E-state index contributed by atoms with van der Waals surface area (Å²) >= 11 is 0. The third-order valence-electron chi connectivity index (χ3n) is 3.80. The SMILES string of the molecule is CCN(CC(=O)O)C1CC(Nc2ccnc(C(F)(F)F)c2)C1. The molecule has 0 aliphatic heterocycles. The number of hydrogen-bond acceptors (Lipinski definition) is 4. The summed E-state index contributed by atoms with van der Waals surface area (Å²) in [5, 5.41) is 11.9. The van der Waals surface area contributed by atoms with Gasteiger partial charge in [0.25, 0.3) is 0 Å². The molecule has 122 valence electrons. The Hall–Kier alpha value is -1.83. The molecule has 2 N–H and O–H groups in total. The van der Waals surface area contributed by atoms with Gasteiger partial charge in [-0.25, -0.2) is 0 Å².